The molecule has 0 saturated heterocycles. The van der Waals surface area contributed by atoms with E-state index in [1.54, 1.807) is 36.0 Å². The molecule has 26 heavy (non-hydrogen) atoms. The summed E-state index contributed by atoms with van der Waals surface area (Å²) in [5, 5.41) is 12.1. The van der Waals surface area contributed by atoms with Gasteiger partial charge in [-0.25, -0.2) is 4.79 Å². The summed E-state index contributed by atoms with van der Waals surface area (Å²) in [7, 11) is 1.30. The average Bonchev–Trinajstić information content (AvgIpc) is 2.66. The number of hydrogen-bond acceptors (Lipinski definition) is 5. The maximum atomic E-state index is 12.2. The maximum absolute atomic E-state index is 12.2. The highest BCUT2D eigenvalue weighted by molar-refractivity contribution is 7.98. The minimum absolute atomic E-state index is 0.155. The first-order valence-corrected chi connectivity index (χ1v) is 9.50. The molecule has 2 rings (SSSR count). The number of rotatable bonds is 9. The molecule has 0 heterocycles. The Hall–Kier alpha value is -2.47. The molecule has 0 bridgehead atoms. The van der Waals surface area contributed by atoms with Crippen LogP contribution >= 0.6 is 11.8 Å². The van der Waals surface area contributed by atoms with E-state index >= 15 is 0 Å². The Morgan fingerprint density at radius 2 is 1.77 bits per heavy atom. The second kappa shape index (κ2) is 10.5. The Morgan fingerprint density at radius 3 is 2.42 bits per heavy atom. The van der Waals surface area contributed by atoms with Crippen molar-refractivity contribution in [3.63, 3.8) is 0 Å². The molecule has 0 aliphatic rings. The highest BCUT2D eigenvalue weighted by atomic mass is 32.2. The molecule has 1 atom stereocenters. The van der Waals surface area contributed by atoms with E-state index in [-0.39, 0.29) is 11.7 Å². The van der Waals surface area contributed by atoms with Gasteiger partial charge in [0, 0.05) is 24.3 Å². The number of aromatic hydroxyl groups is 1. The van der Waals surface area contributed by atoms with Crippen LogP contribution in [0.15, 0.2) is 54.6 Å². The van der Waals surface area contributed by atoms with E-state index in [9.17, 15) is 14.7 Å². The normalized spacial score (nSPS) is 11.6. The van der Waals surface area contributed by atoms with Crippen molar-refractivity contribution < 1.29 is 19.4 Å². The number of phenols is 1. The summed E-state index contributed by atoms with van der Waals surface area (Å²) >= 11 is 1.68. The van der Waals surface area contributed by atoms with Crippen LogP contribution in [0, 0.1) is 0 Å². The highest BCUT2D eigenvalue weighted by Crippen LogP contribution is 2.14. The van der Waals surface area contributed by atoms with Crippen molar-refractivity contribution in [3.05, 3.63) is 65.7 Å². The lowest BCUT2D eigenvalue weighted by Gasteiger charge is -2.16. The molecule has 0 aromatic heterocycles. The van der Waals surface area contributed by atoms with E-state index in [2.05, 4.69) is 17.4 Å². The van der Waals surface area contributed by atoms with E-state index in [1.165, 1.54) is 12.7 Å². The molecular formula is C20H23NO4S. The topological polar surface area (TPSA) is 75.6 Å². The number of methoxy groups -OCH3 is 1. The Balaban J connectivity index is 1.80. The first kappa shape index (κ1) is 19.8. The maximum Gasteiger partial charge on any atom is 0.328 e. The van der Waals surface area contributed by atoms with Crippen LogP contribution in [-0.4, -0.2) is 35.9 Å². The van der Waals surface area contributed by atoms with Gasteiger partial charge < -0.3 is 15.2 Å². The van der Waals surface area contributed by atoms with E-state index in [0.29, 0.717) is 18.6 Å². The van der Waals surface area contributed by atoms with E-state index in [4.69, 9.17) is 4.74 Å². The number of carbonyl (C=O) groups excluding carboxylic acids is 2. The number of carbonyl (C=O) groups is 2. The van der Waals surface area contributed by atoms with Crippen LogP contribution in [0.4, 0.5) is 0 Å². The number of amides is 1. The number of esters is 1. The van der Waals surface area contributed by atoms with Crippen LogP contribution in [0.2, 0.25) is 0 Å². The van der Waals surface area contributed by atoms with Crippen molar-refractivity contribution in [1.82, 2.24) is 5.32 Å². The fourth-order valence-corrected chi connectivity index (χ4v) is 3.30. The Morgan fingerprint density at radius 1 is 1.08 bits per heavy atom. The summed E-state index contributed by atoms with van der Waals surface area (Å²) in [4.78, 5) is 24.1. The Labute approximate surface area is 157 Å². The number of hydrogen-bond donors (Lipinski definition) is 2. The van der Waals surface area contributed by atoms with Crippen LogP contribution < -0.4 is 5.32 Å². The van der Waals surface area contributed by atoms with Crippen LogP contribution in [-0.2, 0) is 26.5 Å². The van der Waals surface area contributed by atoms with E-state index in [0.717, 1.165) is 11.3 Å². The minimum Gasteiger partial charge on any atom is -0.508 e. The van der Waals surface area contributed by atoms with Gasteiger partial charge in [-0.1, -0.05) is 42.5 Å². The molecule has 6 heteroatoms. The number of phenolic OH excluding ortho intramolecular Hbond substituents is 1. The lowest BCUT2D eigenvalue weighted by atomic mass is 10.1. The van der Waals surface area contributed by atoms with Crippen molar-refractivity contribution in [2.75, 3.05) is 12.9 Å². The first-order chi connectivity index (χ1) is 12.6. The summed E-state index contributed by atoms with van der Waals surface area (Å²) in [5.41, 5.74) is 2.05. The monoisotopic (exact) mass is 373 g/mol. The zero-order valence-corrected chi connectivity index (χ0v) is 15.5. The van der Waals surface area contributed by atoms with Gasteiger partial charge in [0.15, 0.2) is 0 Å². The van der Waals surface area contributed by atoms with Crippen molar-refractivity contribution in [3.8, 4) is 5.75 Å². The van der Waals surface area contributed by atoms with Gasteiger partial charge in [0.25, 0.3) is 0 Å². The van der Waals surface area contributed by atoms with Gasteiger partial charge in [0.1, 0.15) is 11.8 Å². The molecule has 0 fully saturated rings. The largest absolute Gasteiger partial charge is 0.508 e. The number of nitrogens with one attached hydrogen (secondary N) is 1. The summed E-state index contributed by atoms with van der Waals surface area (Å²) in [6, 6.07) is 15.9. The highest BCUT2D eigenvalue weighted by Gasteiger charge is 2.21. The van der Waals surface area contributed by atoms with Crippen molar-refractivity contribution >= 4 is 23.6 Å². The smallest absolute Gasteiger partial charge is 0.328 e. The molecular weight excluding hydrogens is 350 g/mol. The summed E-state index contributed by atoms with van der Waals surface area (Å²) in [5.74, 6) is 1.02. The van der Waals surface area contributed by atoms with Gasteiger partial charge in [-0.15, -0.1) is 0 Å². The van der Waals surface area contributed by atoms with Gasteiger partial charge in [0.2, 0.25) is 5.91 Å². The van der Waals surface area contributed by atoms with Crippen LogP contribution in [0.5, 0.6) is 5.75 Å². The molecule has 0 aliphatic carbocycles. The molecule has 0 unspecified atom stereocenters. The van der Waals surface area contributed by atoms with Gasteiger partial charge in [-0.3, -0.25) is 4.79 Å². The van der Waals surface area contributed by atoms with Gasteiger partial charge in [-0.05, 0) is 23.3 Å². The number of thioether (sulfide) groups is 1. The summed E-state index contributed by atoms with van der Waals surface area (Å²) in [6.45, 7) is 0. The summed E-state index contributed by atoms with van der Waals surface area (Å²) in [6.07, 6.45) is 0.649. The van der Waals surface area contributed by atoms with Crippen molar-refractivity contribution in [1.29, 1.82) is 0 Å². The van der Waals surface area contributed by atoms with E-state index < -0.39 is 12.0 Å². The molecule has 0 saturated carbocycles. The molecule has 2 aromatic carbocycles. The van der Waals surface area contributed by atoms with E-state index in [1.807, 2.05) is 18.2 Å². The van der Waals surface area contributed by atoms with Gasteiger partial charge in [0.05, 0.1) is 7.11 Å². The van der Waals surface area contributed by atoms with Gasteiger partial charge >= 0.3 is 5.97 Å². The molecule has 0 spiro atoms. The van der Waals surface area contributed by atoms with Crippen molar-refractivity contribution in [2.45, 2.75) is 24.6 Å². The number of ether oxygens (including phenoxy) is 1. The third-order valence-corrected chi connectivity index (χ3v) is 4.81. The second-order valence-corrected chi connectivity index (χ2v) is 6.91. The van der Waals surface area contributed by atoms with Gasteiger partial charge in [-0.2, -0.15) is 11.8 Å². The zero-order valence-electron chi connectivity index (χ0n) is 14.7. The average molecular weight is 373 g/mol. The standard InChI is InChI=1S/C20H23NO4S/c1-25-20(24)18(13-15-7-9-17(22)10-8-15)21-19(23)11-12-26-14-16-5-3-2-4-6-16/h2-10,18,22H,11-14H2,1H3,(H,21,23)/t18-/m0/s1. The fourth-order valence-electron chi connectivity index (χ4n) is 2.40. The molecule has 138 valence electrons. The molecule has 1 amide bonds. The molecule has 2 aromatic rings. The zero-order chi connectivity index (χ0) is 18.8. The lowest BCUT2D eigenvalue weighted by molar-refractivity contribution is -0.145. The summed E-state index contributed by atoms with van der Waals surface area (Å²) < 4.78 is 4.78. The van der Waals surface area contributed by atoms with Crippen LogP contribution in [0.1, 0.15) is 17.5 Å². The second-order valence-electron chi connectivity index (χ2n) is 5.80. The Bertz CT molecular complexity index is 704. The molecule has 5 nitrogen and oxygen atoms in total. The first-order valence-electron chi connectivity index (χ1n) is 8.35. The quantitative estimate of drug-likeness (QED) is 0.522. The lowest BCUT2D eigenvalue weighted by Crippen LogP contribution is -2.43. The SMILES string of the molecule is COC(=O)[C@H](Cc1ccc(O)cc1)NC(=O)CCSCc1ccccc1. The fraction of sp³-hybridized carbons (Fsp3) is 0.300. The number of benzene rings is 2. The van der Waals surface area contributed by atoms with Crippen molar-refractivity contribution in [2.24, 2.45) is 0 Å². The molecule has 0 aliphatic heterocycles. The third kappa shape index (κ3) is 6.80. The van der Waals surface area contributed by atoms with Crippen LogP contribution in [0.25, 0.3) is 0 Å². The molecule has 0 radical (unpaired) electrons. The predicted molar refractivity (Wildman–Crippen MR) is 103 cm³/mol. The molecule has 2 N–H and O–H groups in total. The minimum atomic E-state index is -0.740. The van der Waals surface area contributed by atoms with Crippen LogP contribution in [0.3, 0.4) is 0 Å². The third-order valence-electron chi connectivity index (χ3n) is 3.78. The predicted octanol–water partition coefficient (Wildman–Crippen LogP) is 2.92. The Kier molecular flexibility index (Phi) is 8.02.